The van der Waals surface area contributed by atoms with Crippen LogP contribution in [0.15, 0.2) is 187 Å². The molecule has 0 N–H and O–H groups in total. The van der Waals surface area contributed by atoms with Gasteiger partial charge in [-0.3, -0.25) is 0 Å². The smallest absolute Gasteiger partial charge is 0.165 e. The Balaban J connectivity index is 1.32. The van der Waals surface area contributed by atoms with Crippen LogP contribution in [-0.2, 0) is 6.42 Å². The molecule has 4 nitrogen and oxygen atoms in total. The van der Waals surface area contributed by atoms with Crippen LogP contribution in [0.4, 0.5) is 0 Å². The Morgan fingerprint density at radius 2 is 0.980 bits per heavy atom. The van der Waals surface area contributed by atoms with Crippen LogP contribution in [-0.4, -0.2) is 15.0 Å². The molecule has 0 radical (unpaired) electrons. The monoisotopic (exact) mass is 643 g/mol. The lowest BCUT2D eigenvalue weighted by atomic mass is 9.97. The molecule has 0 unspecified atom stereocenters. The van der Waals surface area contributed by atoms with Gasteiger partial charge in [0.15, 0.2) is 17.5 Å². The highest BCUT2D eigenvalue weighted by Gasteiger charge is 2.21. The van der Waals surface area contributed by atoms with E-state index >= 15 is 0 Å². The van der Waals surface area contributed by atoms with E-state index in [1.165, 1.54) is 0 Å². The maximum atomic E-state index is 6.36. The van der Waals surface area contributed by atoms with E-state index in [-0.39, 0.29) is 0 Å². The van der Waals surface area contributed by atoms with E-state index in [9.17, 15) is 0 Å². The van der Waals surface area contributed by atoms with Crippen LogP contribution in [0.3, 0.4) is 0 Å². The first-order valence-electron chi connectivity index (χ1n) is 16.7. The zero-order chi connectivity index (χ0) is 33.7. The number of rotatable bonds is 9. The second kappa shape index (κ2) is 13.8. The molecule has 0 bridgehead atoms. The first-order chi connectivity index (χ1) is 24.7. The van der Waals surface area contributed by atoms with Gasteiger partial charge in [-0.05, 0) is 46.4 Å². The summed E-state index contributed by atoms with van der Waals surface area (Å²) in [5.74, 6) is 1.82. The van der Waals surface area contributed by atoms with Gasteiger partial charge in [0.25, 0.3) is 0 Å². The van der Waals surface area contributed by atoms with Gasteiger partial charge in [0.05, 0.1) is 0 Å². The maximum Gasteiger partial charge on any atom is 0.165 e. The van der Waals surface area contributed by atoms with Crippen molar-refractivity contribution in [3.8, 4) is 56.4 Å². The zero-order valence-corrected chi connectivity index (χ0v) is 27.4. The Hall–Kier alpha value is -6.65. The molecule has 4 heteroatoms. The molecule has 50 heavy (non-hydrogen) atoms. The van der Waals surface area contributed by atoms with Crippen LogP contribution in [0, 0.1) is 0 Å². The molecule has 0 spiro atoms. The first kappa shape index (κ1) is 30.7. The minimum Gasteiger partial charge on any atom is -0.456 e. The fraction of sp³-hybridized carbons (Fsp3) is 0.0217. The quantitative estimate of drug-likeness (QED) is 0.147. The molecule has 8 rings (SSSR count). The first-order valence-corrected chi connectivity index (χ1v) is 16.7. The third-order valence-corrected chi connectivity index (χ3v) is 8.82. The molecule has 0 saturated heterocycles. The van der Waals surface area contributed by atoms with Crippen molar-refractivity contribution in [3.63, 3.8) is 0 Å². The van der Waals surface area contributed by atoms with E-state index in [1.54, 1.807) is 6.08 Å². The van der Waals surface area contributed by atoms with Gasteiger partial charge in [-0.15, -0.1) is 0 Å². The number of furan rings is 1. The average Bonchev–Trinajstić information content (AvgIpc) is 3.57. The van der Waals surface area contributed by atoms with Crippen molar-refractivity contribution in [1.29, 1.82) is 0 Å². The van der Waals surface area contributed by atoms with Crippen LogP contribution in [0.25, 0.3) is 78.4 Å². The summed E-state index contributed by atoms with van der Waals surface area (Å²) in [5, 5.41) is 2.02. The minimum absolute atomic E-state index is 0.603. The summed E-state index contributed by atoms with van der Waals surface area (Å²) in [6, 6.07) is 49.9. The predicted octanol–water partition coefficient (Wildman–Crippen LogP) is 11.9. The van der Waals surface area contributed by atoms with E-state index in [1.807, 2.05) is 48.6 Å². The highest BCUT2D eigenvalue weighted by atomic mass is 16.3. The van der Waals surface area contributed by atoms with Crippen molar-refractivity contribution in [2.75, 3.05) is 0 Å². The van der Waals surface area contributed by atoms with Crippen LogP contribution >= 0.6 is 0 Å². The number of para-hydroxylation sites is 1. The van der Waals surface area contributed by atoms with E-state index in [2.05, 4.69) is 128 Å². The summed E-state index contributed by atoms with van der Waals surface area (Å²) in [7, 11) is 0. The summed E-state index contributed by atoms with van der Waals surface area (Å²) in [5.41, 5.74) is 10.1. The van der Waals surface area contributed by atoms with Gasteiger partial charge in [-0.1, -0.05) is 170 Å². The van der Waals surface area contributed by atoms with Gasteiger partial charge in [0.1, 0.15) is 11.2 Å². The Kier molecular flexibility index (Phi) is 8.49. The summed E-state index contributed by atoms with van der Waals surface area (Å²) in [6.07, 6.45) is 10.5. The average molecular weight is 644 g/mol. The molecule has 0 aliphatic rings. The van der Waals surface area contributed by atoms with Crippen molar-refractivity contribution in [3.05, 3.63) is 188 Å². The van der Waals surface area contributed by atoms with E-state index in [4.69, 9.17) is 19.4 Å². The third-order valence-electron chi connectivity index (χ3n) is 8.82. The highest BCUT2D eigenvalue weighted by Crippen LogP contribution is 2.39. The second-order valence-corrected chi connectivity index (χ2v) is 12.0. The van der Waals surface area contributed by atoms with Crippen molar-refractivity contribution in [2.24, 2.45) is 0 Å². The molecule has 0 atom stereocenters. The molecule has 0 saturated carbocycles. The molecule has 8 aromatic rings. The van der Waals surface area contributed by atoms with Crippen molar-refractivity contribution in [2.45, 2.75) is 6.42 Å². The van der Waals surface area contributed by atoms with Crippen LogP contribution in [0.2, 0.25) is 0 Å². The van der Waals surface area contributed by atoms with Gasteiger partial charge in [0, 0.05) is 27.5 Å². The number of fused-ring (bicyclic) bond motifs is 3. The topological polar surface area (TPSA) is 51.8 Å². The molecule has 238 valence electrons. The normalized spacial score (nSPS) is 11.6. The molecule has 0 aliphatic carbocycles. The number of allylic oxidation sites excluding steroid dienone is 5. The summed E-state index contributed by atoms with van der Waals surface area (Å²) in [6.45, 7) is 3.78. The molecule has 6 aromatic carbocycles. The van der Waals surface area contributed by atoms with Crippen molar-refractivity contribution in [1.82, 2.24) is 15.0 Å². The number of aromatic nitrogens is 3. The Morgan fingerprint density at radius 3 is 1.58 bits per heavy atom. The van der Waals surface area contributed by atoms with E-state index in [0.717, 1.165) is 66.4 Å². The fourth-order valence-corrected chi connectivity index (χ4v) is 6.33. The van der Waals surface area contributed by atoms with Gasteiger partial charge in [0.2, 0.25) is 0 Å². The highest BCUT2D eigenvalue weighted by molar-refractivity contribution is 6.12. The Labute approximate surface area is 291 Å². The molecule has 2 heterocycles. The largest absolute Gasteiger partial charge is 0.456 e. The number of nitrogens with zero attached hydrogens (tertiary/aromatic N) is 3. The molecule has 0 aliphatic heterocycles. The van der Waals surface area contributed by atoms with Crippen LogP contribution in [0.1, 0.15) is 5.56 Å². The van der Waals surface area contributed by atoms with Gasteiger partial charge >= 0.3 is 0 Å². The SMILES string of the molecule is C=C/C=C\C=C/Cc1ccc2oc3ccccc3c2c1-c1nc(-c2ccc(-c3ccccc3)cc2)nc(-c2ccc(-c3ccccc3)cc2)n1. The van der Waals surface area contributed by atoms with Crippen molar-refractivity contribution >= 4 is 21.9 Å². The Morgan fingerprint density at radius 1 is 0.460 bits per heavy atom. The van der Waals surface area contributed by atoms with Gasteiger partial charge in [-0.2, -0.15) is 0 Å². The number of benzene rings is 6. The summed E-state index contributed by atoms with van der Waals surface area (Å²) < 4.78 is 6.36. The lowest BCUT2D eigenvalue weighted by molar-refractivity contribution is 0.669. The summed E-state index contributed by atoms with van der Waals surface area (Å²) >= 11 is 0. The van der Waals surface area contributed by atoms with Crippen LogP contribution < -0.4 is 0 Å². The third kappa shape index (κ3) is 6.18. The minimum atomic E-state index is 0.603. The van der Waals surface area contributed by atoms with Crippen molar-refractivity contribution < 1.29 is 4.42 Å². The standard InChI is InChI=1S/C46H33N3O/c1-2-3-4-5-8-19-36-30-31-41-43(39-20-13-14-21-40(39)50-41)42(36)46-48-44(37-26-22-34(23-27-37)32-15-9-6-10-16-32)47-45(49-46)38-28-24-35(25-29-38)33-17-11-7-12-18-33/h2-18,20-31H,1,19H2/b4-3-,8-5-. The predicted molar refractivity (Wildman–Crippen MR) is 206 cm³/mol. The number of hydrogen-bond donors (Lipinski definition) is 0. The summed E-state index contributed by atoms with van der Waals surface area (Å²) in [4.78, 5) is 15.5. The lowest BCUT2D eigenvalue weighted by Gasteiger charge is -2.13. The maximum absolute atomic E-state index is 6.36. The van der Waals surface area contributed by atoms with Gasteiger partial charge in [-0.25, -0.2) is 15.0 Å². The Bertz CT molecular complexity index is 2390. The molecular weight excluding hydrogens is 611 g/mol. The van der Waals surface area contributed by atoms with E-state index in [0.29, 0.717) is 23.9 Å². The molecule has 2 aromatic heterocycles. The zero-order valence-electron chi connectivity index (χ0n) is 27.4. The molecular formula is C46H33N3O. The van der Waals surface area contributed by atoms with E-state index < -0.39 is 0 Å². The van der Waals surface area contributed by atoms with Gasteiger partial charge < -0.3 is 4.42 Å². The lowest BCUT2D eigenvalue weighted by Crippen LogP contribution is -2.02. The number of hydrogen-bond acceptors (Lipinski definition) is 4. The molecule has 0 amide bonds. The van der Waals surface area contributed by atoms with Crippen LogP contribution in [0.5, 0.6) is 0 Å². The molecule has 0 fully saturated rings. The fourth-order valence-electron chi connectivity index (χ4n) is 6.33. The second-order valence-electron chi connectivity index (χ2n) is 12.0.